The number of methoxy groups -OCH3 is 1. The molecule has 0 bridgehead atoms. The predicted molar refractivity (Wildman–Crippen MR) is 163 cm³/mol. The monoisotopic (exact) mass is 603 g/mol. The molecule has 1 aromatic heterocycles. The maximum Gasteiger partial charge on any atom is 0.335 e. The number of hydrogen-bond acceptors (Lipinski definition) is 5. The molecule has 43 heavy (non-hydrogen) atoms. The minimum absolute atomic E-state index is 0.0992. The van der Waals surface area contributed by atoms with Crippen molar-refractivity contribution >= 4 is 35.1 Å². The molecule has 6 rings (SSSR count). The van der Waals surface area contributed by atoms with Crippen molar-refractivity contribution in [2.45, 2.75) is 69.1 Å². The van der Waals surface area contributed by atoms with Gasteiger partial charge in [0.15, 0.2) is 0 Å². The van der Waals surface area contributed by atoms with Crippen LogP contribution in [0.15, 0.2) is 59.5 Å². The summed E-state index contributed by atoms with van der Waals surface area (Å²) in [4.78, 5) is 52.7. The van der Waals surface area contributed by atoms with Crippen molar-refractivity contribution in [2.75, 3.05) is 12.4 Å². The quantitative estimate of drug-likeness (QED) is 0.329. The summed E-state index contributed by atoms with van der Waals surface area (Å²) in [5.74, 6) is -1.58. The van der Waals surface area contributed by atoms with Crippen molar-refractivity contribution in [2.24, 2.45) is 5.92 Å². The first-order valence-electron chi connectivity index (χ1n) is 14.7. The average molecular weight is 604 g/mol. The van der Waals surface area contributed by atoms with E-state index in [0.29, 0.717) is 34.7 Å². The number of fused-ring (bicyclic) bond motifs is 3. The minimum atomic E-state index is -1.07. The van der Waals surface area contributed by atoms with Gasteiger partial charge in [-0.05, 0) is 105 Å². The highest BCUT2D eigenvalue weighted by Crippen LogP contribution is 2.43. The molecule has 2 amide bonds. The number of carboxylic acid groups (broad SMARTS) is 1. The number of aromatic nitrogens is 1. The summed E-state index contributed by atoms with van der Waals surface area (Å²) in [6.45, 7) is 0. The molecule has 3 N–H and O–H groups in total. The summed E-state index contributed by atoms with van der Waals surface area (Å²) in [5.41, 5.74) is 2.38. The highest BCUT2D eigenvalue weighted by atomic mass is 35.5. The van der Waals surface area contributed by atoms with Crippen molar-refractivity contribution < 1.29 is 24.2 Å². The van der Waals surface area contributed by atoms with Gasteiger partial charge in [0.25, 0.3) is 11.5 Å². The Bertz CT molecular complexity index is 1640. The van der Waals surface area contributed by atoms with Gasteiger partial charge in [0.1, 0.15) is 6.04 Å². The molecule has 3 aromatic rings. The third-order valence-corrected chi connectivity index (χ3v) is 9.41. The van der Waals surface area contributed by atoms with E-state index in [4.69, 9.17) is 16.3 Å². The van der Waals surface area contributed by atoms with Gasteiger partial charge in [-0.3, -0.25) is 14.4 Å². The van der Waals surface area contributed by atoms with Crippen LogP contribution >= 0.6 is 11.6 Å². The van der Waals surface area contributed by atoms with Crippen LogP contribution in [0, 0.1) is 5.92 Å². The standard InChI is InChI=1S/C33H34ClN3O6/c1-43-24-10-2-19(3-11-24)14-28(31(40)35-23-8-5-20(6-9-23)32(41)42)37-18-27-26(16-29(37)38)25-15-22(34)7-4-21(25)17-33(12-13-33)36-30(27)39/h4-9,15-16,18-19,24,28H,2-3,10-14,17H2,1H3,(H,35,40)(H,36,39)(H,41,42)/t19-,24-,28?. The van der Waals surface area contributed by atoms with E-state index < -0.39 is 23.5 Å². The van der Waals surface area contributed by atoms with Crippen LogP contribution in [0.1, 0.15) is 77.3 Å². The van der Waals surface area contributed by atoms with E-state index in [0.717, 1.165) is 49.7 Å². The fraction of sp³-hybridized carbons (Fsp3) is 0.394. The molecular weight excluding hydrogens is 570 g/mol. The van der Waals surface area contributed by atoms with Gasteiger partial charge in [-0.15, -0.1) is 0 Å². The van der Waals surface area contributed by atoms with Gasteiger partial charge in [0.2, 0.25) is 5.91 Å². The van der Waals surface area contributed by atoms with E-state index in [1.807, 2.05) is 12.1 Å². The first kappa shape index (κ1) is 29.1. The number of rotatable bonds is 7. The molecule has 0 saturated heterocycles. The third kappa shape index (κ3) is 6.10. The fourth-order valence-electron chi connectivity index (χ4n) is 6.51. The molecule has 3 aliphatic rings. The van der Waals surface area contributed by atoms with E-state index in [1.54, 1.807) is 13.2 Å². The Morgan fingerprint density at radius 2 is 1.77 bits per heavy atom. The number of carbonyl (C=O) groups excluding carboxylic acids is 2. The Morgan fingerprint density at radius 3 is 2.42 bits per heavy atom. The topological polar surface area (TPSA) is 127 Å². The zero-order chi connectivity index (χ0) is 30.3. The number of aromatic carboxylic acids is 1. The van der Waals surface area contributed by atoms with Crippen LogP contribution in [-0.2, 0) is 16.0 Å². The molecule has 2 aliphatic carbocycles. The molecule has 2 heterocycles. The molecular formula is C33H34ClN3O6. The lowest BCUT2D eigenvalue weighted by Gasteiger charge is -2.31. The number of halogens is 1. The lowest BCUT2D eigenvalue weighted by molar-refractivity contribution is -0.120. The van der Waals surface area contributed by atoms with Gasteiger partial charge in [0, 0.05) is 41.2 Å². The largest absolute Gasteiger partial charge is 0.478 e. The molecule has 2 saturated carbocycles. The lowest BCUT2D eigenvalue weighted by Crippen LogP contribution is -2.41. The normalized spacial score (nSPS) is 21.0. The van der Waals surface area contributed by atoms with E-state index >= 15 is 0 Å². The van der Waals surface area contributed by atoms with Gasteiger partial charge >= 0.3 is 5.97 Å². The second-order valence-electron chi connectivity index (χ2n) is 12.1. The van der Waals surface area contributed by atoms with Crippen LogP contribution in [0.2, 0.25) is 5.02 Å². The molecule has 0 radical (unpaired) electrons. The number of anilines is 1. The maximum atomic E-state index is 13.9. The van der Waals surface area contributed by atoms with Crippen LogP contribution in [0.25, 0.3) is 11.1 Å². The van der Waals surface area contributed by atoms with Crippen molar-refractivity contribution in [1.29, 1.82) is 0 Å². The summed E-state index contributed by atoms with van der Waals surface area (Å²) >= 11 is 6.38. The third-order valence-electron chi connectivity index (χ3n) is 9.17. The number of nitrogens with zero attached hydrogens (tertiary/aromatic N) is 1. The van der Waals surface area contributed by atoms with Crippen LogP contribution in [-0.4, -0.2) is 46.2 Å². The van der Waals surface area contributed by atoms with E-state index in [1.165, 1.54) is 41.1 Å². The van der Waals surface area contributed by atoms with E-state index in [2.05, 4.69) is 10.6 Å². The van der Waals surface area contributed by atoms with Crippen LogP contribution < -0.4 is 16.2 Å². The Balaban J connectivity index is 1.39. The van der Waals surface area contributed by atoms with Gasteiger partial charge in [-0.25, -0.2) is 4.79 Å². The fourth-order valence-corrected chi connectivity index (χ4v) is 6.68. The second kappa shape index (κ2) is 11.6. The number of ether oxygens (including phenoxy) is 1. The summed E-state index contributed by atoms with van der Waals surface area (Å²) in [5, 5.41) is 15.8. The molecule has 1 spiro atoms. The van der Waals surface area contributed by atoms with Gasteiger partial charge in [0.05, 0.1) is 17.2 Å². The summed E-state index contributed by atoms with van der Waals surface area (Å²) < 4.78 is 6.91. The van der Waals surface area contributed by atoms with Crippen molar-refractivity contribution in [3.05, 3.63) is 86.8 Å². The Hall–Kier alpha value is -3.95. The molecule has 9 nitrogen and oxygen atoms in total. The number of amides is 2. The number of pyridine rings is 1. The van der Waals surface area contributed by atoms with Crippen molar-refractivity contribution in [3.8, 4) is 11.1 Å². The molecule has 1 atom stereocenters. The number of hydrogen-bond donors (Lipinski definition) is 3. The summed E-state index contributed by atoms with van der Waals surface area (Å²) in [6, 6.07) is 12.0. The lowest BCUT2D eigenvalue weighted by atomic mass is 9.83. The highest BCUT2D eigenvalue weighted by Gasteiger charge is 2.46. The maximum absolute atomic E-state index is 13.9. The minimum Gasteiger partial charge on any atom is -0.478 e. The Kier molecular flexibility index (Phi) is 7.87. The first-order chi connectivity index (χ1) is 20.6. The predicted octanol–water partition coefficient (Wildman–Crippen LogP) is 5.46. The molecule has 1 unspecified atom stereocenters. The van der Waals surface area contributed by atoms with Crippen molar-refractivity contribution in [3.63, 3.8) is 0 Å². The molecule has 2 fully saturated rings. The van der Waals surface area contributed by atoms with Crippen LogP contribution in [0.3, 0.4) is 0 Å². The highest BCUT2D eigenvalue weighted by molar-refractivity contribution is 6.31. The Morgan fingerprint density at radius 1 is 1.05 bits per heavy atom. The Labute approximate surface area is 254 Å². The van der Waals surface area contributed by atoms with Crippen LogP contribution in [0.4, 0.5) is 5.69 Å². The number of carboxylic acids is 1. The molecule has 1 aliphatic heterocycles. The van der Waals surface area contributed by atoms with Crippen LogP contribution in [0.5, 0.6) is 0 Å². The molecule has 2 aromatic carbocycles. The average Bonchev–Trinajstić information content (AvgIpc) is 3.75. The zero-order valence-electron chi connectivity index (χ0n) is 23.9. The number of benzene rings is 2. The molecule has 224 valence electrons. The summed E-state index contributed by atoms with van der Waals surface area (Å²) in [6.07, 6.45) is 7.94. The van der Waals surface area contributed by atoms with E-state index in [-0.39, 0.29) is 29.0 Å². The van der Waals surface area contributed by atoms with Gasteiger partial charge < -0.3 is 25.0 Å². The molecule has 10 heteroatoms. The zero-order valence-corrected chi connectivity index (χ0v) is 24.7. The number of carbonyl (C=O) groups is 3. The van der Waals surface area contributed by atoms with E-state index in [9.17, 15) is 24.3 Å². The van der Waals surface area contributed by atoms with Gasteiger partial charge in [-0.2, -0.15) is 0 Å². The smallest absolute Gasteiger partial charge is 0.335 e. The summed E-state index contributed by atoms with van der Waals surface area (Å²) in [7, 11) is 1.70. The second-order valence-corrected chi connectivity index (χ2v) is 12.5. The van der Waals surface area contributed by atoms with Crippen molar-refractivity contribution in [1.82, 2.24) is 9.88 Å². The number of nitrogens with one attached hydrogen (secondary N) is 2. The van der Waals surface area contributed by atoms with Gasteiger partial charge in [-0.1, -0.05) is 17.7 Å². The SMILES string of the molecule is CO[C@H]1CC[C@H](CC(C(=O)Nc2ccc(C(=O)O)cc2)n2cc3c(cc2=O)-c2cc(Cl)ccc2CC2(CC2)NC3=O)CC1. The first-order valence-corrected chi connectivity index (χ1v) is 15.1.